The summed E-state index contributed by atoms with van der Waals surface area (Å²) in [6, 6.07) is 15.3. The largest absolute Gasteiger partial charge is 0.385 e. The van der Waals surface area contributed by atoms with Gasteiger partial charge >= 0.3 is 0 Å². The molecule has 0 aliphatic heterocycles. The highest BCUT2D eigenvalue weighted by Gasteiger charge is 2.29. The molecule has 214 valence electrons. The third kappa shape index (κ3) is 8.09. The van der Waals surface area contributed by atoms with Crippen molar-refractivity contribution in [3.8, 4) is 0 Å². The van der Waals surface area contributed by atoms with Crippen LogP contribution in [0.3, 0.4) is 0 Å². The normalized spacial score (nSPS) is 13.8. The minimum absolute atomic E-state index is 0.0589. The number of nitrogens with zero attached hydrogens (tertiary/aromatic N) is 3. The molecule has 1 heterocycles. The summed E-state index contributed by atoms with van der Waals surface area (Å²) in [6.45, 7) is 1.77. The first kappa shape index (κ1) is 30.1. The summed E-state index contributed by atoms with van der Waals surface area (Å²) < 4.78 is 20.7. The molecule has 0 radical (unpaired) electrons. The van der Waals surface area contributed by atoms with E-state index < -0.39 is 0 Å². The number of carbonyl (C=O) groups is 2. The maximum atomic E-state index is 14.0. The van der Waals surface area contributed by atoms with Crippen LogP contribution >= 0.6 is 23.2 Å². The molecule has 0 atom stereocenters. The predicted octanol–water partition coefficient (Wildman–Crippen LogP) is 6.82. The zero-order valence-corrected chi connectivity index (χ0v) is 24.3. The third-order valence-electron chi connectivity index (χ3n) is 7.41. The molecule has 2 amide bonds. The Morgan fingerprint density at radius 3 is 2.50 bits per heavy atom. The molecule has 0 bridgehead atoms. The number of aromatic nitrogens is 1. The van der Waals surface area contributed by atoms with Crippen molar-refractivity contribution in [2.24, 2.45) is 0 Å². The Balaban J connectivity index is 1.56. The number of hydrogen-bond donors (Lipinski definition) is 0. The van der Waals surface area contributed by atoms with Gasteiger partial charge in [-0.1, -0.05) is 54.6 Å². The molecule has 1 aliphatic carbocycles. The van der Waals surface area contributed by atoms with Crippen LogP contribution in [0, 0.1) is 5.82 Å². The van der Waals surface area contributed by atoms with Gasteiger partial charge in [0.15, 0.2) is 0 Å². The topological polar surface area (TPSA) is 54.8 Å². The molecule has 1 aromatic heterocycles. The SMILES string of the molecule is COCCCN(CC(=O)N(Cc1cccn1Cc1ccc(F)cc1)C1CCCCC1)C(=O)c1ccc(Cl)cc1Cl. The second-order valence-electron chi connectivity index (χ2n) is 10.3. The quantitative estimate of drug-likeness (QED) is 0.218. The second-order valence-corrected chi connectivity index (χ2v) is 11.1. The molecular weight excluding hydrogens is 552 g/mol. The molecule has 0 unspecified atom stereocenters. The number of halogens is 3. The highest BCUT2D eigenvalue weighted by molar-refractivity contribution is 6.36. The van der Waals surface area contributed by atoms with Crippen LogP contribution in [0.4, 0.5) is 4.39 Å². The highest BCUT2D eigenvalue weighted by Crippen LogP contribution is 2.26. The summed E-state index contributed by atoms with van der Waals surface area (Å²) in [6.07, 6.45) is 7.74. The summed E-state index contributed by atoms with van der Waals surface area (Å²) >= 11 is 12.4. The Labute approximate surface area is 245 Å². The third-order valence-corrected chi connectivity index (χ3v) is 7.96. The van der Waals surface area contributed by atoms with Crippen LogP contribution in [0.15, 0.2) is 60.8 Å². The molecule has 1 fully saturated rings. The lowest BCUT2D eigenvalue weighted by atomic mass is 9.94. The molecule has 1 aliphatic rings. The average molecular weight is 589 g/mol. The Morgan fingerprint density at radius 1 is 1.05 bits per heavy atom. The van der Waals surface area contributed by atoms with Crippen molar-refractivity contribution >= 4 is 35.0 Å². The summed E-state index contributed by atoms with van der Waals surface area (Å²) in [4.78, 5) is 31.0. The zero-order valence-electron chi connectivity index (χ0n) is 22.8. The van der Waals surface area contributed by atoms with E-state index in [0.717, 1.165) is 43.4 Å². The first-order chi connectivity index (χ1) is 19.4. The zero-order chi connectivity index (χ0) is 28.5. The van der Waals surface area contributed by atoms with Crippen LogP contribution in [-0.4, -0.2) is 59.0 Å². The van der Waals surface area contributed by atoms with Crippen molar-refractivity contribution in [3.63, 3.8) is 0 Å². The standard InChI is InChI=1S/C31H36Cl2FN3O3/c1-40-18-6-17-36(31(39)28-15-12-24(32)19-29(28)33)22-30(38)37(26-7-3-2-4-8-26)21-27-9-5-16-35(27)20-23-10-13-25(34)14-11-23/h5,9-16,19,26H,2-4,6-8,17-18,20-22H2,1H3. The second kappa shape index (κ2) is 14.7. The number of benzene rings is 2. The Morgan fingerprint density at radius 2 is 1.80 bits per heavy atom. The molecule has 9 heteroatoms. The van der Waals surface area contributed by atoms with Gasteiger partial charge in [0.2, 0.25) is 5.91 Å². The van der Waals surface area contributed by atoms with Crippen LogP contribution in [0.25, 0.3) is 0 Å². The van der Waals surface area contributed by atoms with Crippen molar-refractivity contribution in [3.05, 3.63) is 93.5 Å². The summed E-state index contributed by atoms with van der Waals surface area (Å²) in [5.74, 6) is -0.679. The molecule has 0 saturated heterocycles. The molecule has 0 spiro atoms. The van der Waals surface area contributed by atoms with Gasteiger partial charge in [-0.3, -0.25) is 9.59 Å². The van der Waals surface area contributed by atoms with Crippen LogP contribution in [-0.2, 0) is 22.6 Å². The Bertz CT molecular complexity index is 1280. The fourth-order valence-electron chi connectivity index (χ4n) is 5.26. The molecule has 1 saturated carbocycles. The Kier molecular flexibility index (Phi) is 11.0. The van der Waals surface area contributed by atoms with Gasteiger partial charge in [0, 0.05) is 49.8 Å². The minimum Gasteiger partial charge on any atom is -0.385 e. The molecule has 4 rings (SSSR count). The monoisotopic (exact) mass is 587 g/mol. The summed E-state index contributed by atoms with van der Waals surface area (Å²) in [7, 11) is 1.61. The number of carbonyl (C=O) groups excluding carboxylic acids is 2. The minimum atomic E-state index is -0.311. The molecule has 2 aromatic carbocycles. The average Bonchev–Trinajstić information content (AvgIpc) is 3.39. The lowest BCUT2D eigenvalue weighted by Gasteiger charge is -2.36. The van der Waals surface area contributed by atoms with E-state index in [2.05, 4.69) is 4.57 Å². The summed E-state index contributed by atoms with van der Waals surface area (Å²) in [5.41, 5.74) is 2.28. The van der Waals surface area contributed by atoms with Crippen LogP contribution in [0.2, 0.25) is 10.0 Å². The van der Waals surface area contributed by atoms with E-state index in [-0.39, 0.29) is 35.2 Å². The predicted molar refractivity (Wildman–Crippen MR) is 156 cm³/mol. The van der Waals surface area contributed by atoms with Crippen molar-refractivity contribution < 1.29 is 18.7 Å². The Hall–Kier alpha value is -2.87. The summed E-state index contributed by atoms with van der Waals surface area (Å²) in [5, 5.41) is 0.695. The van der Waals surface area contributed by atoms with E-state index in [4.69, 9.17) is 27.9 Å². The molecule has 3 aromatic rings. The van der Waals surface area contributed by atoms with Crippen LogP contribution in [0.5, 0.6) is 0 Å². The van der Waals surface area contributed by atoms with Gasteiger partial charge in [0.05, 0.1) is 17.1 Å². The number of amides is 2. The van der Waals surface area contributed by atoms with E-state index in [1.807, 2.05) is 23.2 Å². The van der Waals surface area contributed by atoms with E-state index in [1.54, 1.807) is 36.3 Å². The highest BCUT2D eigenvalue weighted by atomic mass is 35.5. The first-order valence-electron chi connectivity index (χ1n) is 13.8. The molecule has 6 nitrogen and oxygen atoms in total. The fraction of sp³-hybridized carbons (Fsp3) is 0.419. The maximum Gasteiger partial charge on any atom is 0.255 e. The first-order valence-corrected chi connectivity index (χ1v) is 14.5. The van der Waals surface area contributed by atoms with Gasteiger partial charge < -0.3 is 19.1 Å². The molecule has 40 heavy (non-hydrogen) atoms. The van der Waals surface area contributed by atoms with E-state index in [1.165, 1.54) is 18.2 Å². The number of hydrogen-bond acceptors (Lipinski definition) is 3. The maximum absolute atomic E-state index is 14.0. The number of ether oxygens (including phenoxy) is 1. The van der Waals surface area contributed by atoms with Gasteiger partial charge in [-0.2, -0.15) is 0 Å². The van der Waals surface area contributed by atoms with E-state index in [0.29, 0.717) is 43.2 Å². The van der Waals surface area contributed by atoms with Gasteiger partial charge in [-0.25, -0.2) is 4.39 Å². The van der Waals surface area contributed by atoms with Gasteiger partial charge in [-0.15, -0.1) is 0 Å². The lowest BCUT2D eigenvalue weighted by molar-refractivity contribution is -0.135. The van der Waals surface area contributed by atoms with Crippen LogP contribution in [0.1, 0.15) is 60.1 Å². The lowest BCUT2D eigenvalue weighted by Crippen LogP contribution is -2.48. The van der Waals surface area contributed by atoms with E-state index in [9.17, 15) is 14.0 Å². The van der Waals surface area contributed by atoms with Crippen molar-refractivity contribution in [1.82, 2.24) is 14.4 Å². The van der Waals surface area contributed by atoms with Crippen molar-refractivity contribution in [1.29, 1.82) is 0 Å². The van der Waals surface area contributed by atoms with Crippen molar-refractivity contribution in [2.45, 2.75) is 57.7 Å². The van der Waals surface area contributed by atoms with Crippen molar-refractivity contribution in [2.75, 3.05) is 26.8 Å². The number of rotatable bonds is 12. The van der Waals surface area contributed by atoms with E-state index >= 15 is 0 Å². The number of methoxy groups -OCH3 is 1. The molecular formula is C31H36Cl2FN3O3. The smallest absolute Gasteiger partial charge is 0.255 e. The van der Waals surface area contributed by atoms with Crippen LogP contribution < -0.4 is 0 Å². The van der Waals surface area contributed by atoms with Gasteiger partial charge in [0.1, 0.15) is 12.4 Å². The van der Waals surface area contributed by atoms with Gasteiger partial charge in [0.25, 0.3) is 5.91 Å². The fourth-order valence-corrected chi connectivity index (χ4v) is 5.75. The molecule has 0 N–H and O–H groups in total. The van der Waals surface area contributed by atoms with Gasteiger partial charge in [-0.05, 0) is 67.3 Å².